The molecule has 1 N–H and O–H groups in total. The molecule has 0 atom stereocenters. The van der Waals surface area contributed by atoms with Crippen molar-refractivity contribution >= 4 is 21.6 Å². The first-order valence-electron chi connectivity index (χ1n) is 10.3. The normalized spacial score (nSPS) is 14.1. The molecule has 3 heterocycles. The molecule has 0 radical (unpaired) electrons. The van der Waals surface area contributed by atoms with Crippen LogP contribution in [0.4, 0.5) is 5.82 Å². The molecule has 3 aromatic rings. The second kappa shape index (κ2) is 8.55. The average Bonchev–Trinajstić information content (AvgIpc) is 3.42. The van der Waals surface area contributed by atoms with Crippen LogP contribution in [0.3, 0.4) is 0 Å². The van der Waals surface area contributed by atoms with Gasteiger partial charge in [0.05, 0.1) is 9.79 Å². The van der Waals surface area contributed by atoms with E-state index < -0.39 is 9.84 Å². The van der Waals surface area contributed by atoms with Crippen LogP contribution in [-0.2, 0) is 23.4 Å². The number of nitrogens with one attached hydrogen (secondary N) is 1. The predicted octanol–water partition coefficient (Wildman–Crippen LogP) is 3.09. The Morgan fingerprint density at radius 2 is 1.81 bits per heavy atom. The number of hydrogen-bond donors (Lipinski definition) is 1. The lowest BCUT2D eigenvalue weighted by Crippen LogP contribution is -2.27. The van der Waals surface area contributed by atoms with E-state index in [-0.39, 0.29) is 15.7 Å². The molecule has 0 spiro atoms. The molecule has 1 aliphatic heterocycles. The van der Waals surface area contributed by atoms with Crippen molar-refractivity contribution in [1.82, 2.24) is 14.9 Å². The monoisotopic (exact) mass is 438 g/mol. The molecular formula is C23H26N4O3S. The molecule has 1 saturated heterocycles. The summed E-state index contributed by atoms with van der Waals surface area (Å²) in [5.41, 5.74) is 1.77. The van der Waals surface area contributed by atoms with Gasteiger partial charge in [0.2, 0.25) is 9.84 Å². The molecule has 1 amide bonds. The van der Waals surface area contributed by atoms with Gasteiger partial charge < -0.3 is 14.8 Å². The van der Waals surface area contributed by atoms with Crippen LogP contribution in [0.1, 0.15) is 34.6 Å². The van der Waals surface area contributed by atoms with Crippen molar-refractivity contribution in [2.75, 3.05) is 18.0 Å². The van der Waals surface area contributed by atoms with Gasteiger partial charge in [-0.25, -0.2) is 13.4 Å². The number of anilines is 1. The number of rotatable bonds is 6. The van der Waals surface area contributed by atoms with Crippen LogP contribution >= 0.6 is 0 Å². The summed E-state index contributed by atoms with van der Waals surface area (Å²) in [4.78, 5) is 20.0. The number of hydrogen-bond acceptors (Lipinski definition) is 5. The number of benzene rings is 1. The summed E-state index contributed by atoms with van der Waals surface area (Å²) in [7, 11) is -2.00. The molecule has 0 bridgehead atoms. The van der Waals surface area contributed by atoms with Crippen molar-refractivity contribution in [2.24, 2.45) is 7.05 Å². The third-order valence-electron chi connectivity index (χ3n) is 5.78. The number of amides is 1. The Balaban J connectivity index is 1.56. The summed E-state index contributed by atoms with van der Waals surface area (Å²) in [5.74, 6) is 0.576. The van der Waals surface area contributed by atoms with Crippen LogP contribution in [0.2, 0.25) is 0 Å². The van der Waals surface area contributed by atoms with Crippen molar-refractivity contribution < 1.29 is 13.2 Å². The second-order valence-electron chi connectivity index (χ2n) is 7.72. The molecule has 8 heteroatoms. The fourth-order valence-electron chi connectivity index (χ4n) is 3.94. The zero-order valence-corrected chi connectivity index (χ0v) is 18.5. The molecule has 1 fully saturated rings. The number of carbonyl (C=O) groups excluding carboxylic acids is 1. The molecule has 4 rings (SSSR count). The zero-order valence-electron chi connectivity index (χ0n) is 17.7. The highest BCUT2D eigenvalue weighted by Crippen LogP contribution is 2.27. The van der Waals surface area contributed by atoms with Gasteiger partial charge in [-0.05, 0) is 44.0 Å². The molecule has 0 aliphatic carbocycles. The number of aromatic nitrogens is 2. The highest BCUT2D eigenvalue weighted by Gasteiger charge is 2.26. The number of nitrogens with zero attached hydrogens (tertiary/aromatic N) is 3. The van der Waals surface area contributed by atoms with Crippen LogP contribution in [0.25, 0.3) is 0 Å². The Morgan fingerprint density at radius 1 is 1.10 bits per heavy atom. The molecule has 31 heavy (non-hydrogen) atoms. The first-order chi connectivity index (χ1) is 14.9. The topological polar surface area (TPSA) is 84.3 Å². The lowest BCUT2D eigenvalue weighted by Gasteiger charge is -2.20. The molecule has 2 aromatic heterocycles. The van der Waals surface area contributed by atoms with Gasteiger partial charge in [-0.1, -0.05) is 24.3 Å². The SMILES string of the molecule is Cc1c(S(=O)(=O)c2ccccc2)cc(C(=O)NCc2cccnc2N2CCCC2)n1C. The minimum absolute atomic E-state index is 0.144. The Bertz CT molecular complexity index is 1200. The van der Waals surface area contributed by atoms with Crippen molar-refractivity contribution in [2.45, 2.75) is 36.1 Å². The highest BCUT2D eigenvalue weighted by molar-refractivity contribution is 7.91. The minimum Gasteiger partial charge on any atom is -0.356 e. The summed E-state index contributed by atoms with van der Waals surface area (Å²) in [6, 6.07) is 13.5. The Morgan fingerprint density at radius 3 is 2.52 bits per heavy atom. The van der Waals surface area contributed by atoms with Gasteiger partial charge >= 0.3 is 0 Å². The Hall–Kier alpha value is -3.13. The fourth-order valence-corrected chi connectivity index (χ4v) is 5.50. The van der Waals surface area contributed by atoms with E-state index in [1.807, 2.05) is 12.1 Å². The van der Waals surface area contributed by atoms with Crippen LogP contribution in [0.5, 0.6) is 0 Å². The zero-order chi connectivity index (χ0) is 22.0. The second-order valence-corrected chi connectivity index (χ2v) is 9.64. The van der Waals surface area contributed by atoms with Crippen molar-refractivity contribution in [1.29, 1.82) is 0 Å². The van der Waals surface area contributed by atoms with E-state index in [2.05, 4.69) is 15.2 Å². The minimum atomic E-state index is -3.71. The molecule has 7 nitrogen and oxygen atoms in total. The maximum absolute atomic E-state index is 13.1. The lowest BCUT2D eigenvalue weighted by molar-refractivity contribution is 0.0942. The first kappa shape index (κ1) is 21.1. The molecule has 0 saturated carbocycles. The molecular weight excluding hydrogens is 412 g/mol. The van der Waals surface area contributed by atoms with Crippen molar-refractivity contribution in [3.8, 4) is 0 Å². The summed E-state index contributed by atoms with van der Waals surface area (Å²) >= 11 is 0. The van der Waals surface area contributed by atoms with E-state index in [0.29, 0.717) is 17.9 Å². The molecule has 162 valence electrons. The van der Waals surface area contributed by atoms with Crippen molar-refractivity contribution in [3.63, 3.8) is 0 Å². The van der Waals surface area contributed by atoms with Crippen LogP contribution in [0, 0.1) is 6.92 Å². The van der Waals surface area contributed by atoms with Gasteiger partial charge in [-0.2, -0.15) is 0 Å². The van der Waals surface area contributed by atoms with E-state index in [1.165, 1.54) is 6.07 Å². The smallest absolute Gasteiger partial charge is 0.268 e. The summed E-state index contributed by atoms with van der Waals surface area (Å²) in [5, 5.41) is 2.93. The summed E-state index contributed by atoms with van der Waals surface area (Å²) in [6.45, 7) is 3.97. The maximum Gasteiger partial charge on any atom is 0.268 e. The third-order valence-corrected chi connectivity index (χ3v) is 7.66. The van der Waals surface area contributed by atoms with Gasteiger partial charge in [-0.3, -0.25) is 4.79 Å². The Kier molecular flexibility index (Phi) is 5.82. The molecule has 1 aromatic carbocycles. The van der Waals surface area contributed by atoms with E-state index in [0.717, 1.165) is 37.3 Å². The van der Waals surface area contributed by atoms with Gasteiger partial charge in [0, 0.05) is 44.1 Å². The quantitative estimate of drug-likeness (QED) is 0.639. The third kappa shape index (κ3) is 4.07. The number of sulfone groups is 1. The predicted molar refractivity (Wildman–Crippen MR) is 119 cm³/mol. The largest absolute Gasteiger partial charge is 0.356 e. The van der Waals surface area contributed by atoms with E-state index >= 15 is 0 Å². The van der Waals surface area contributed by atoms with Gasteiger partial charge in [0.1, 0.15) is 11.5 Å². The van der Waals surface area contributed by atoms with Crippen LogP contribution in [0.15, 0.2) is 64.5 Å². The lowest BCUT2D eigenvalue weighted by atomic mass is 10.2. The molecule has 1 aliphatic rings. The summed E-state index contributed by atoms with van der Waals surface area (Å²) < 4.78 is 27.7. The number of pyridine rings is 1. The standard InChI is InChI=1S/C23H26N4O3S/c1-17-21(31(29,30)19-10-4-3-5-11-19)15-20(26(17)2)23(28)25-16-18-9-8-12-24-22(18)27-13-6-7-14-27/h3-5,8-12,15H,6-7,13-14,16H2,1-2H3,(H,25,28). The first-order valence-corrected chi connectivity index (χ1v) is 11.8. The number of carbonyl (C=O) groups is 1. The molecule has 0 unspecified atom stereocenters. The van der Waals surface area contributed by atoms with Gasteiger partial charge in [0.25, 0.3) is 5.91 Å². The van der Waals surface area contributed by atoms with Gasteiger partial charge in [0.15, 0.2) is 0 Å². The highest BCUT2D eigenvalue weighted by atomic mass is 32.2. The van der Waals surface area contributed by atoms with E-state index in [4.69, 9.17) is 0 Å². The van der Waals surface area contributed by atoms with Gasteiger partial charge in [-0.15, -0.1) is 0 Å². The summed E-state index contributed by atoms with van der Waals surface area (Å²) in [6.07, 6.45) is 4.05. The maximum atomic E-state index is 13.1. The van der Waals surface area contributed by atoms with E-state index in [9.17, 15) is 13.2 Å². The van der Waals surface area contributed by atoms with E-state index in [1.54, 1.807) is 55.1 Å². The van der Waals surface area contributed by atoms with Crippen molar-refractivity contribution in [3.05, 3.63) is 71.7 Å². The van der Waals surface area contributed by atoms with Crippen LogP contribution < -0.4 is 10.2 Å². The fraction of sp³-hybridized carbons (Fsp3) is 0.304. The van der Waals surface area contributed by atoms with Crippen LogP contribution in [-0.4, -0.2) is 37.0 Å². The Labute approximate surface area is 182 Å². The average molecular weight is 439 g/mol.